The van der Waals surface area contributed by atoms with E-state index in [1.165, 1.54) is 12.1 Å². The number of benzene rings is 1. The van der Waals surface area contributed by atoms with Crippen molar-refractivity contribution in [3.05, 3.63) is 72.7 Å². The van der Waals surface area contributed by atoms with Crippen molar-refractivity contribution in [1.29, 1.82) is 0 Å². The molecular formula is C20H27Cl3FN7. The third-order valence-electron chi connectivity index (χ3n) is 4.15. The average molecular weight is 491 g/mol. The second-order valence-corrected chi connectivity index (χ2v) is 6.19. The molecule has 170 valence electrons. The molecule has 0 radical (unpaired) electrons. The molecule has 0 bridgehead atoms. The standard InChI is InChI=1S/C20H24FN7.3ClH/c21-16-6-8-18(9-7-16)28(19-5-1-2-10-24-19)13-12-26-20(22)25-11-3-4-17-14-23-15-27-17;;;/h1-2,5-10,14-15H,3-4,11-13H2,(H,23,27)(H3,22,25,26);3*1H. The molecule has 2 heterocycles. The molecule has 2 aromatic heterocycles. The molecule has 7 nitrogen and oxygen atoms in total. The summed E-state index contributed by atoms with van der Waals surface area (Å²) in [6, 6.07) is 12.0. The van der Waals surface area contributed by atoms with Crippen molar-refractivity contribution in [3.8, 4) is 0 Å². The smallest absolute Gasteiger partial charge is 0.188 e. The second kappa shape index (κ2) is 15.3. The molecule has 3 aromatic rings. The molecule has 1 aromatic carbocycles. The number of imidazole rings is 1. The maximum absolute atomic E-state index is 13.3. The van der Waals surface area contributed by atoms with Crippen LogP contribution in [0.4, 0.5) is 15.9 Å². The van der Waals surface area contributed by atoms with Crippen LogP contribution in [0, 0.1) is 5.82 Å². The second-order valence-electron chi connectivity index (χ2n) is 6.19. The van der Waals surface area contributed by atoms with Crippen LogP contribution in [-0.4, -0.2) is 40.5 Å². The lowest BCUT2D eigenvalue weighted by Crippen LogP contribution is -2.37. The zero-order valence-electron chi connectivity index (χ0n) is 16.8. The van der Waals surface area contributed by atoms with Crippen LogP contribution in [0.15, 0.2) is 66.2 Å². The summed E-state index contributed by atoms with van der Waals surface area (Å²) < 4.78 is 13.3. The van der Waals surface area contributed by atoms with Gasteiger partial charge in [-0.2, -0.15) is 0 Å². The molecule has 4 N–H and O–H groups in total. The molecule has 0 amide bonds. The van der Waals surface area contributed by atoms with Crippen molar-refractivity contribution in [3.63, 3.8) is 0 Å². The number of nitrogens with one attached hydrogen (secondary N) is 2. The summed E-state index contributed by atoms with van der Waals surface area (Å²) in [6.07, 6.45) is 6.99. The number of guanidine groups is 1. The Kier molecular flexibility index (Phi) is 14.0. The highest BCUT2D eigenvalue weighted by Gasteiger charge is 2.10. The van der Waals surface area contributed by atoms with Gasteiger partial charge in [0.25, 0.3) is 0 Å². The quantitative estimate of drug-likeness (QED) is 0.240. The summed E-state index contributed by atoms with van der Waals surface area (Å²) in [7, 11) is 0. The zero-order chi connectivity index (χ0) is 19.6. The van der Waals surface area contributed by atoms with Crippen LogP contribution in [0.2, 0.25) is 0 Å². The summed E-state index contributed by atoms with van der Waals surface area (Å²) in [4.78, 5) is 17.8. The Hall–Kier alpha value is -2.55. The Labute approximate surface area is 200 Å². The minimum absolute atomic E-state index is 0. The van der Waals surface area contributed by atoms with Gasteiger partial charge in [0.2, 0.25) is 0 Å². The van der Waals surface area contributed by atoms with E-state index in [4.69, 9.17) is 5.73 Å². The Balaban J connectivity index is 0.00000300. The lowest BCUT2D eigenvalue weighted by Gasteiger charge is -2.24. The van der Waals surface area contributed by atoms with Gasteiger partial charge >= 0.3 is 0 Å². The van der Waals surface area contributed by atoms with Crippen LogP contribution in [0.5, 0.6) is 0 Å². The predicted molar refractivity (Wildman–Crippen MR) is 131 cm³/mol. The van der Waals surface area contributed by atoms with Crippen LogP contribution >= 0.6 is 37.2 Å². The number of pyridine rings is 1. The Bertz CT molecular complexity index is 862. The number of hydrogen-bond donors (Lipinski definition) is 3. The Morgan fingerprint density at radius 2 is 1.90 bits per heavy atom. The molecule has 0 aliphatic carbocycles. The van der Waals surface area contributed by atoms with Gasteiger partial charge in [-0.25, -0.2) is 14.4 Å². The van der Waals surface area contributed by atoms with Crippen molar-refractivity contribution in [1.82, 2.24) is 20.3 Å². The van der Waals surface area contributed by atoms with E-state index in [0.717, 1.165) is 30.0 Å². The molecule has 0 aliphatic heterocycles. The molecule has 0 saturated carbocycles. The monoisotopic (exact) mass is 489 g/mol. The van der Waals surface area contributed by atoms with E-state index in [2.05, 4.69) is 25.3 Å². The maximum Gasteiger partial charge on any atom is 0.188 e. The first-order chi connectivity index (χ1) is 13.7. The van der Waals surface area contributed by atoms with E-state index < -0.39 is 0 Å². The lowest BCUT2D eigenvalue weighted by atomic mass is 10.2. The SMILES string of the molecule is Cl.Cl.Cl.NC(=NCCCc1cnc[nH]1)NCCN(c1ccc(F)cc1)c1ccccn1. The third-order valence-corrected chi connectivity index (χ3v) is 4.15. The summed E-state index contributed by atoms with van der Waals surface area (Å²) in [5.41, 5.74) is 7.90. The molecule has 0 atom stereocenters. The number of aromatic amines is 1. The first-order valence-corrected chi connectivity index (χ1v) is 9.17. The first kappa shape index (κ1) is 28.5. The van der Waals surface area contributed by atoms with Gasteiger partial charge < -0.3 is 20.9 Å². The van der Waals surface area contributed by atoms with Gasteiger partial charge in [-0.3, -0.25) is 4.99 Å². The summed E-state index contributed by atoms with van der Waals surface area (Å²) >= 11 is 0. The lowest BCUT2D eigenvalue weighted by molar-refractivity contribution is 0.627. The van der Waals surface area contributed by atoms with E-state index in [9.17, 15) is 4.39 Å². The van der Waals surface area contributed by atoms with Gasteiger partial charge in [0.05, 0.1) is 6.33 Å². The van der Waals surface area contributed by atoms with E-state index in [1.807, 2.05) is 29.3 Å². The fourth-order valence-corrected chi connectivity index (χ4v) is 2.75. The summed E-state index contributed by atoms with van der Waals surface area (Å²) in [5, 5.41) is 3.12. The number of H-pyrrole nitrogens is 1. The van der Waals surface area contributed by atoms with Crippen LogP contribution in [0.3, 0.4) is 0 Å². The van der Waals surface area contributed by atoms with Crippen molar-refractivity contribution < 1.29 is 4.39 Å². The fraction of sp³-hybridized carbons (Fsp3) is 0.250. The minimum Gasteiger partial charge on any atom is -0.370 e. The van der Waals surface area contributed by atoms with Gasteiger partial charge in [-0.1, -0.05) is 6.07 Å². The normalized spacial score (nSPS) is 10.3. The number of anilines is 2. The number of nitrogens with two attached hydrogens (primary N) is 1. The molecule has 11 heteroatoms. The first-order valence-electron chi connectivity index (χ1n) is 9.17. The Morgan fingerprint density at radius 1 is 1.13 bits per heavy atom. The van der Waals surface area contributed by atoms with Crippen LogP contribution in [0.1, 0.15) is 12.1 Å². The van der Waals surface area contributed by atoms with Gasteiger partial charge in [-0.05, 0) is 49.2 Å². The molecule has 3 rings (SSSR count). The highest BCUT2D eigenvalue weighted by Crippen LogP contribution is 2.22. The molecule has 0 unspecified atom stereocenters. The molecule has 0 saturated heterocycles. The molecule has 0 fully saturated rings. The van der Waals surface area contributed by atoms with E-state index in [0.29, 0.717) is 25.6 Å². The fourth-order valence-electron chi connectivity index (χ4n) is 2.75. The van der Waals surface area contributed by atoms with E-state index >= 15 is 0 Å². The van der Waals surface area contributed by atoms with Gasteiger partial charge in [0.1, 0.15) is 11.6 Å². The number of hydrogen-bond acceptors (Lipinski definition) is 4. The average Bonchev–Trinajstić information content (AvgIpc) is 3.24. The molecular weight excluding hydrogens is 464 g/mol. The number of aromatic nitrogens is 3. The van der Waals surface area contributed by atoms with Crippen LogP contribution in [0.25, 0.3) is 0 Å². The van der Waals surface area contributed by atoms with Gasteiger partial charge in [0.15, 0.2) is 5.96 Å². The highest BCUT2D eigenvalue weighted by molar-refractivity contribution is 5.86. The van der Waals surface area contributed by atoms with Gasteiger partial charge in [-0.15, -0.1) is 37.2 Å². The third kappa shape index (κ3) is 9.42. The number of aryl methyl sites for hydroxylation is 1. The Morgan fingerprint density at radius 3 is 2.55 bits per heavy atom. The van der Waals surface area contributed by atoms with Crippen LogP contribution < -0.4 is 16.0 Å². The molecule has 31 heavy (non-hydrogen) atoms. The van der Waals surface area contributed by atoms with Gasteiger partial charge in [0, 0.05) is 43.4 Å². The number of rotatable bonds is 9. The topological polar surface area (TPSA) is 95.2 Å². The van der Waals surface area contributed by atoms with Crippen molar-refractivity contribution in [2.24, 2.45) is 10.7 Å². The predicted octanol–water partition coefficient (Wildman–Crippen LogP) is 3.88. The largest absolute Gasteiger partial charge is 0.370 e. The van der Waals surface area contributed by atoms with E-state index in [1.54, 1.807) is 24.7 Å². The maximum atomic E-state index is 13.3. The van der Waals surface area contributed by atoms with Crippen molar-refractivity contribution >= 4 is 54.7 Å². The van der Waals surface area contributed by atoms with Crippen molar-refractivity contribution in [2.45, 2.75) is 12.8 Å². The summed E-state index contributed by atoms with van der Waals surface area (Å²) in [5.74, 6) is 0.921. The van der Waals surface area contributed by atoms with E-state index in [-0.39, 0.29) is 43.0 Å². The number of nitrogens with zero attached hydrogens (tertiary/aromatic N) is 4. The number of halogens is 4. The molecule has 0 aliphatic rings. The summed E-state index contributed by atoms with van der Waals surface area (Å²) in [6.45, 7) is 1.82. The zero-order valence-corrected chi connectivity index (χ0v) is 19.2. The molecule has 0 spiro atoms. The highest BCUT2D eigenvalue weighted by atomic mass is 35.5. The number of aliphatic imine (C=N–C) groups is 1. The minimum atomic E-state index is -0.269. The van der Waals surface area contributed by atoms with Crippen molar-refractivity contribution in [2.75, 3.05) is 24.5 Å². The van der Waals surface area contributed by atoms with Crippen LogP contribution in [-0.2, 0) is 6.42 Å².